The highest BCUT2D eigenvalue weighted by atomic mass is 16.5. The van der Waals surface area contributed by atoms with Crippen LogP contribution in [0.25, 0.3) is 6.08 Å². The van der Waals surface area contributed by atoms with Gasteiger partial charge in [-0.15, -0.1) is 0 Å². The van der Waals surface area contributed by atoms with E-state index in [0.29, 0.717) is 17.1 Å². The number of hydrogen-bond acceptors (Lipinski definition) is 3. The van der Waals surface area contributed by atoms with Crippen LogP contribution in [0.1, 0.15) is 27.0 Å². The highest BCUT2D eigenvalue weighted by Gasteiger charge is 2.09. The average molecular weight is 368 g/mol. The monoisotopic (exact) mass is 368 g/mol. The summed E-state index contributed by atoms with van der Waals surface area (Å²) in [6.45, 7) is 0. The van der Waals surface area contributed by atoms with Crippen molar-refractivity contribution < 1.29 is 14.3 Å². The zero-order valence-electron chi connectivity index (χ0n) is 15.8. The number of allylic oxidation sites excluding steroid dienone is 1. The maximum atomic E-state index is 12.4. The van der Waals surface area contributed by atoms with Crippen molar-refractivity contribution in [3.8, 4) is 23.3 Å². The van der Waals surface area contributed by atoms with Gasteiger partial charge in [-0.25, -0.2) is 0 Å². The minimum Gasteiger partial charge on any atom is -0.493 e. The van der Waals surface area contributed by atoms with E-state index in [1.54, 1.807) is 38.5 Å². The van der Waals surface area contributed by atoms with Crippen molar-refractivity contribution in [2.75, 3.05) is 14.2 Å². The SMILES string of the molecule is COc1cc(C#Cc2ccccc2)c(/C=C/C(=O)c2ccccc2)cc1OC. The van der Waals surface area contributed by atoms with E-state index in [2.05, 4.69) is 11.8 Å². The van der Waals surface area contributed by atoms with E-state index in [0.717, 1.165) is 16.7 Å². The zero-order valence-corrected chi connectivity index (χ0v) is 15.8. The van der Waals surface area contributed by atoms with Crippen molar-refractivity contribution in [1.82, 2.24) is 0 Å². The molecule has 0 unspecified atom stereocenters. The smallest absolute Gasteiger partial charge is 0.185 e. The van der Waals surface area contributed by atoms with Gasteiger partial charge in [0.2, 0.25) is 0 Å². The predicted octanol–water partition coefficient (Wildman–Crippen LogP) is 5.00. The van der Waals surface area contributed by atoms with Crippen LogP contribution in [0.3, 0.4) is 0 Å². The molecule has 0 saturated heterocycles. The number of rotatable bonds is 5. The first-order valence-corrected chi connectivity index (χ1v) is 8.82. The van der Waals surface area contributed by atoms with Gasteiger partial charge >= 0.3 is 0 Å². The summed E-state index contributed by atoms with van der Waals surface area (Å²) in [5, 5.41) is 0. The molecule has 3 nitrogen and oxygen atoms in total. The van der Waals surface area contributed by atoms with Crippen molar-refractivity contribution >= 4 is 11.9 Å². The Labute approximate surface area is 165 Å². The fourth-order valence-corrected chi connectivity index (χ4v) is 2.67. The van der Waals surface area contributed by atoms with E-state index in [4.69, 9.17) is 9.47 Å². The minimum atomic E-state index is -0.0719. The van der Waals surface area contributed by atoms with Gasteiger partial charge in [-0.3, -0.25) is 4.79 Å². The van der Waals surface area contributed by atoms with E-state index in [9.17, 15) is 4.79 Å². The van der Waals surface area contributed by atoms with Gasteiger partial charge in [0, 0.05) is 22.8 Å². The molecule has 0 saturated carbocycles. The third-order valence-electron chi connectivity index (χ3n) is 4.14. The van der Waals surface area contributed by atoms with Crippen molar-refractivity contribution in [2.45, 2.75) is 0 Å². The maximum Gasteiger partial charge on any atom is 0.185 e. The van der Waals surface area contributed by atoms with Crippen LogP contribution in [0.15, 0.2) is 78.9 Å². The average Bonchev–Trinajstić information content (AvgIpc) is 2.77. The van der Waals surface area contributed by atoms with Crippen LogP contribution >= 0.6 is 0 Å². The molecular weight excluding hydrogens is 348 g/mol. The summed E-state index contributed by atoms with van der Waals surface area (Å²) < 4.78 is 10.8. The number of ketones is 1. The lowest BCUT2D eigenvalue weighted by Crippen LogP contribution is -1.95. The topological polar surface area (TPSA) is 35.5 Å². The fraction of sp³-hybridized carbons (Fsp3) is 0.0800. The van der Waals surface area contributed by atoms with Gasteiger partial charge in [0.15, 0.2) is 17.3 Å². The van der Waals surface area contributed by atoms with E-state index in [1.165, 1.54) is 0 Å². The highest BCUT2D eigenvalue weighted by molar-refractivity contribution is 6.06. The van der Waals surface area contributed by atoms with Gasteiger partial charge in [-0.05, 0) is 35.9 Å². The Morgan fingerprint density at radius 3 is 2.07 bits per heavy atom. The second kappa shape index (κ2) is 9.25. The molecule has 28 heavy (non-hydrogen) atoms. The lowest BCUT2D eigenvalue weighted by Gasteiger charge is -2.10. The molecule has 3 heteroatoms. The van der Waals surface area contributed by atoms with Crippen molar-refractivity contribution in [3.05, 3.63) is 101 Å². The Kier molecular flexibility index (Phi) is 6.28. The summed E-state index contributed by atoms with van der Waals surface area (Å²) >= 11 is 0. The first-order chi connectivity index (χ1) is 13.7. The summed E-state index contributed by atoms with van der Waals surface area (Å²) in [4.78, 5) is 12.4. The molecule has 0 aliphatic carbocycles. The summed E-state index contributed by atoms with van der Waals surface area (Å²) in [7, 11) is 3.16. The van der Waals surface area contributed by atoms with Gasteiger partial charge in [0.25, 0.3) is 0 Å². The second-order valence-electron chi connectivity index (χ2n) is 5.97. The van der Waals surface area contributed by atoms with Gasteiger partial charge in [-0.2, -0.15) is 0 Å². The van der Waals surface area contributed by atoms with E-state index in [-0.39, 0.29) is 5.78 Å². The molecule has 0 heterocycles. The third-order valence-corrected chi connectivity index (χ3v) is 4.14. The predicted molar refractivity (Wildman–Crippen MR) is 112 cm³/mol. The molecule has 3 aromatic carbocycles. The first kappa shape index (κ1) is 19.0. The standard InChI is InChI=1S/C25H20O3/c1-27-24-17-21(14-13-19-9-5-3-6-10-19)22(18-25(24)28-2)15-16-23(26)20-11-7-4-8-12-20/h3-12,15-18H,1-2H3/b16-15+. The van der Waals surface area contributed by atoms with Crippen LogP contribution in [-0.4, -0.2) is 20.0 Å². The number of benzene rings is 3. The summed E-state index contributed by atoms with van der Waals surface area (Å²) in [5.41, 5.74) is 3.08. The molecule has 3 aromatic rings. The summed E-state index contributed by atoms with van der Waals surface area (Å²) in [6, 6.07) is 22.5. The molecule has 0 amide bonds. The molecule has 0 aromatic heterocycles. The second-order valence-corrected chi connectivity index (χ2v) is 5.97. The normalized spacial score (nSPS) is 10.2. The Morgan fingerprint density at radius 1 is 0.821 bits per heavy atom. The van der Waals surface area contributed by atoms with Crippen LogP contribution < -0.4 is 9.47 Å². The van der Waals surface area contributed by atoms with Crippen molar-refractivity contribution in [1.29, 1.82) is 0 Å². The Balaban J connectivity index is 1.99. The Bertz CT molecular complexity index is 1040. The number of carbonyl (C=O) groups is 1. The zero-order chi connectivity index (χ0) is 19.8. The molecule has 0 N–H and O–H groups in total. The first-order valence-electron chi connectivity index (χ1n) is 8.82. The summed E-state index contributed by atoms with van der Waals surface area (Å²) in [5.74, 6) is 7.42. The van der Waals surface area contributed by atoms with Gasteiger partial charge < -0.3 is 9.47 Å². The lowest BCUT2D eigenvalue weighted by atomic mass is 10.0. The number of carbonyl (C=O) groups excluding carboxylic acids is 1. The maximum absolute atomic E-state index is 12.4. The Morgan fingerprint density at radius 2 is 1.43 bits per heavy atom. The van der Waals surface area contributed by atoms with Crippen molar-refractivity contribution in [2.24, 2.45) is 0 Å². The summed E-state index contributed by atoms with van der Waals surface area (Å²) in [6.07, 6.45) is 3.30. The van der Waals surface area contributed by atoms with Crippen LogP contribution in [-0.2, 0) is 0 Å². The largest absolute Gasteiger partial charge is 0.493 e. The molecule has 0 radical (unpaired) electrons. The molecule has 0 bridgehead atoms. The van der Waals surface area contributed by atoms with Gasteiger partial charge in [0.1, 0.15) is 0 Å². The van der Waals surface area contributed by atoms with Crippen molar-refractivity contribution in [3.63, 3.8) is 0 Å². The molecule has 0 aliphatic rings. The number of hydrogen-bond donors (Lipinski definition) is 0. The van der Waals surface area contributed by atoms with Crippen LogP contribution in [0, 0.1) is 11.8 Å². The molecule has 138 valence electrons. The van der Waals surface area contributed by atoms with E-state index >= 15 is 0 Å². The van der Waals surface area contributed by atoms with Crippen LogP contribution in [0.2, 0.25) is 0 Å². The van der Waals surface area contributed by atoms with E-state index in [1.807, 2.05) is 60.7 Å². The highest BCUT2D eigenvalue weighted by Crippen LogP contribution is 2.31. The Hall–Kier alpha value is -3.77. The molecule has 3 rings (SSSR count). The molecule has 0 fully saturated rings. The number of methoxy groups -OCH3 is 2. The quantitative estimate of drug-likeness (QED) is 0.361. The van der Waals surface area contributed by atoms with Crippen LogP contribution in [0.5, 0.6) is 11.5 Å². The van der Waals surface area contributed by atoms with Crippen LogP contribution in [0.4, 0.5) is 0 Å². The molecular formula is C25H20O3. The van der Waals surface area contributed by atoms with Gasteiger partial charge in [0.05, 0.1) is 14.2 Å². The molecule has 0 atom stereocenters. The molecule has 0 aliphatic heterocycles. The lowest BCUT2D eigenvalue weighted by molar-refractivity contribution is 0.104. The third kappa shape index (κ3) is 4.69. The number of ether oxygens (including phenoxy) is 2. The fourth-order valence-electron chi connectivity index (χ4n) is 2.67. The van der Waals surface area contributed by atoms with Gasteiger partial charge in [-0.1, -0.05) is 60.4 Å². The minimum absolute atomic E-state index is 0.0719. The van der Waals surface area contributed by atoms with E-state index < -0.39 is 0 Å². The molecule has 0 spiro atoms.